The molecule has 1 aliphatic rings. The van der Waals surface area contributed by atoms with Crippen LogP contribution in [0.2, 0.25) is 0 Å². The highest BCUT2D eigenvalue weighted by molar-refractivity contribution is 7.21. The number of halogens is 2. The van der Waals surface area contributed by atoms with Crippen LogP contribution in [-0.2, 0) is 4.79 Å². The SMILES string of the molecule is CCC(C(=O)Nc1c(C(N)=O)sc2nc(C(F)F)cc(C3CC3)c12)n1cc([N+](=O)[O-])cn1. The van der Waals surface area contributed by atoms with Gasteiger partial charge in [0, 0.05) is 5.39 Å². The van der Waals surface area contributed by atoms with Crippen molar-refractivity contribution < 1.29 is 23.3 Å². The number of carbonyl (C=O) groups excluding carboxylic acids is 2. The summed E-state index contributed by atoms with van der Waals surface area (Å²) in [6.45, 7) is 1.70. The monoisotopic (exact) mass is 464 g/mol. The standard InChI is InChI=1S/C19H18F2N6O4S/c1-2-12(26-7-9(6-23-26)27(30)31)18(29)25-14-13-10(8-3-4-8)5-11(16(20)21)24-19(13)32-15(14)17(22)28/h5-8,12,16H,2-4H2,1H3,(H2,22,28)(H,25,29). The number of alkyl halides is 2. The first-order valence-corrected chi connectivity index (χ1v) is 10.6. The van der Waals surface area contributed by atoms with E-state index in [0.717, 1.165) is 36.6 Å². The second-order valence-corrected chi connectivity index (χ2v) is 8.41. The zero-order valence-corrected chi connectivity index (χ0v) is 17.6. The number of nitro groups is 1. The molecule has 0 saturated heterocycles. The van der Waals surface area contributed by atoms with Gasteiger partial charge in [0.1, 0.15) is 33.8 Å². The number of fused-ring (bicyclic) bond motifs is 1. The number of nitrogens with one attached hydrogen (secondary N) is 1. The van der Waals surface area contributed by atoms with Crippen LogP contribution in [0.3, 0.4) is 0 Å². The van der Waals surface area contributed by atoms with Gasteiger partial charge in [-0.05, 0) is 36.8 Å². The maximum absolute atomic E-state index is 13.4. The van der Waals surface area contributed by atoms with Gasteiger partial charge < -0.3 is 11.1 Å². The average Bonchev–Trinajstić information content (AvgIpc) is 3.35. The van der Waals surface area contributed by atoms with E-state index in [9.17, 15) is 28.5 Å². The molecule has 3 heterocycles. The van der Waals surface area contributed by atoms with Gasteiger partial charge in [0.2, 0.25) is 5.91 Å². The van der Waals surface area contributed by atoms with E-state index in [1.165, 1.54) is 10.7 Å². The van der Waals surface area contributed by atoms with Gasteiger partial charge in [0.05, 0.1) is 10.6 Å². The summed E-state index contributed by atoms with van der Waals surface area (Å²) in [5.74, 6) is -1.38. The molecule has 4 rings (SSSR count). The lowest BCUT2D eigenvalue weighted by molar-refractivity contribution is -0.385. The highest BCUT2D eigenvalue weighted by atomic mass is 32.1. The number of rotatable bonds is 8. The summed E-state index contributed by atoms with van der Waals surface area (Å²) in [6.07, 6.45) is 1.24. The Morgan fingerprint density at radius 2 is 2.16 bits per heavy atom. The first-order valence-electron chi connectivity index (χ1n) is 9.75. The van der Waals surface area contributed by atoms with E-state index in [2.05, 4.69) is 15.4 Å². The molecule has 0 bridgehead atoms. The Morgan fingerprint density at radius 3 is 2.69 bits per heavy atom. The van der Waals surface area contributed by atoms with Gasteiger partial charge in [-0.25, -0.2) is 13.8 Å². The Kier molecular flexibility index (Phi) is 5.59. The molecule has 13 heteroatoms. The van der Waals surface area contributed by atoms with Crippen molar-refractivity contribution in [2.24, 2.45) is 5.73 Å². The van der Waals surface area contributed by atoms with Gasteiger partial charge in [-0.2, -0.15) is 5.10 Å². The minimum absolute atomic E-state index is 0.00420. The molecule has 1 unspecified atom stereocenters. The van der Waals surface area contributed by atoms with E-state index < -0.39 is 34.9 Å². The van der Waals surface area contributed by atoms with Crippen molar-refractivity contribution >= 4 is 44.7 Å². The maximum atomic E-state index is 13.4. The fourth-order valence-electron chi connectivity index (χ4n) is 3.56. The lowest BCUT2D eigenvalue weighted by atomic mass is 10.0. The number of nitrogens with zero attached hydrogens (tertiary/aromatic N) is 4. The van der Waals surface area contributed by atoms with Gasteiger partial charge >= 0.3 is 5.69 Å². The molecule has 32 heavy (non-hydrogen) atoms. The van der Waals surface area contributed by atoms with Gasteiger partial charge in [-0.15, -0.1) is 11.3 Å². The first kappa shape index (κ1) is 21.7. The predicted octanol–water partition coefficient (Wildman–Crippen LogP) is 3.90. The lowest BCUT2D eigenvalue weighted by Gasteiger charge is -2.16. The third kappa shape index (κ3) is 3.90. The topological polar surface area (TPSA) is 146 Å². The number of pyridine rings is 1. The zero-order valence-electron chi connectivity index (χ0n) is 16.7. The molecule has 1 aliphatic carbocycles. The molecule has 0 radical (unpaired) electrons. The highest BCUT2D eigenvalue weighted by Gasteiger charge is 2.32. The Balaban J connectivity index is 1.78. The van der Waals surface area contributed by atoms with Crippen molar-refractivity contribution in [3.05, 3.63) is 44.7 Å². The zero-order chi connectivity index (χ0) is 23.2. The molecule has 0 aromatic carbocycles. The number of hydrogen-bond donors (Lipinski definition) is 2. The predicted molar refractivity (Wildman–Crippen MR) is 112 cm³/mol. The number of aromatic nitrogens is 3. The minimum atomic E-state index is -2.78. The summed E-state index contributed by atoms with van der Waals surface area (Å²) >= 11 is 0.843. The number of anilines is 1. The van der Waals surface area contributed by atoms with Crippen LogP contribution in [-0.4, -0.2) is 31.5 Å². The van der Waals surface area contributed by atoms with Crippen LogP contribution >= 0.6 is 11.3 Å². The lowest BCUT2D eigenvalue weighted by Crippen LogP contribution is -2.27. The van der Waals surface area contributed by atoms with Crippen LogP contribution in [0.15, 0.2) is 18.5 Å². The molecular formula is C19H18F2N6O4S. The van der Waals surface area contributed by atoms with E-state index >= 15 is 0 Å². The number of carbonyl (C=O) groups is 2. The van der Waals surface area contributed by atoms with Crippen molar-refractivity contribution in [2.75, 3.05) is 5.32 Å². The summed E-state index contributed by atoms with van der Waals surface area (Å²) in [4.78, 5) is 39.7. The Labute approximate surface area is 183 Å². The number of thiophene rings is 1. The smallest absolute Gasteiger partial charge is 0.307 e. The molecule has 3 N–H and O–H groups in total. The molecule has 168 valence electrons. The molecule has 10 nitrogen and oxygen atoms in total. The summed E-state index contributed by atoms with van der Waals surface area (Å²) in [5.41, 5.74) is 5.55. The van der Waals surface area contributed by atoms with Crippen LogP contribution in [0.25, 0.3) is 10.2 Å². The average molecular weight is 464 g/mol. The molecule has 2 amide bonds. The fourth-order valence-corrected chi connectivity index (χ4v) is 4.58. The summed E-state index contributed by atoms with van der Waals surface area (Å²) in [5, 5.41) is 17.9. The molecule has 3 aromatic heterocycles. The van der Waals surface area contributed by atoms with E-state index in [-0.39, 0.29) is 33.4 Å². The number of primary amides is 1. The Morgan fingerprint density at radius 1 is 1.44 bits per heavy atom. The molecule has 0 spiro atoms. The number of hydrogen-bond acceptors (Lipinski definition) is 7. The van der Waals surface area contributed by atoms with Crippen molar-refractivity contribution in [3.63, 3.8) is 0 Å². The van der Waals surface area contributed by atoms with Gasteiger partial charge in [0.25, 0.3) is 12.3 Å². The van der Waals surface area contributed by atoms with Crippen LogP contribution in [0.4, 0.5) is 20.2 Å². The molecular weight excluding hydrogens is 446 g/mol. The van der Waals surface area contributed by atoms with Crippen LogP contribution in [0.1, 0.15) is 65.5 Å². The second-order valence-electron chi connectivity index (χ2n) is 7.41. The van der Waals surface area contributed by atoms with Crippen LogP contribution in [0.5, 0.6) is 0 Å². The summed E-state index contributed by atoms with van der Waals surface area (Å²) < 4.78 is 27.9. The third-order valence-corrected chi connectivity index (χ3v) is 6.33. The fraction of sp³-hybridized carbons (Fsp3) is 0.368. The normalized spacial score (nSPS) is 14.6. The maximum Gasteiger partial charge on any atom is 0.307 e. The van der Waals surface area contributed by atoms with Crippen molar-refractivity contribution in [1.29, 1.82) is 0 Å². The van der Waals surface area contributed by atoms with E-state index in [1.54, 1.807) is 6.92 Å². The van der Waals surface area contributed by atoms with Crippen molar-refractivity contribution in [2.45, 2.75) is 44.6 Å². The molecule has 0 aliphatic heterocycles. The van der Waals surface area contributed by atoms with Gasteiger partial charge in [-0.3, -0.25) is 24.4 Å². The molecule has 3 aromatic rings. The van der Waals surface area contributed by atoms with Crippen LogP contribution < -0.4 is 11.1 Å². The number of amides is 2. The molecule has 1 saturated carbocycles. The third-order valence-electron chi connectivity index (χ3n) is 5.23. The van der Waals surface area contributed by atoms with Crippen molar-refractivity contribution in [3.8, 4) is 0 Å². The van der Waals surface area contributed by atoms with Gasteiger partial charge in [-0.1, -0.05) is 6.92 Å². The summed E-state index contributed by atoms with van der Waals surface area (Å²) in [6, 6.07) is 0.406. The van der Waals surface area contributed by atoms with E-state index in [4.69, 9.17) is 5.73 Å². The number of nitrogens with two attached hydrogens (primary N) is 1. The Bertz CT molecular complexity index is 1240. The first-order chi connectivity index (χ1) is 15.2. The van der Waals surface area contributed by atoms with Crippen molar-refractivity contribution in [1.82, 2.24) is 14.8 Å². The largest absolute Gasteiger partial charge is 0.365 e. The second kappa shape index (κ2) is 8.22. The van der Waals surface area contributed by atoms with E-state index in [0.29, 0.717) is 10.9 Å². The molecule has 1 atom stereocenters. The molecule has 1 fully saturated rings. The quantitative estimate of drug-likeness (QED) is 0.382. The highest BCUT2D eigenvalue weighted by Crippen LogP contribution is 2.48. The van der Waals surface area contributed by atoms with E-state index in [1.807, 2.05) is 0 Å². The Hall–Kier alpha value is -3.48. The van der Waals surface area contributed by atoms with Crippen LogP contribution in [0, 0.1) is 10.1 Å². The summed E-state index contributed by atoms with van der Waals surface area (Å²) in [7, 11) is 0. The minimum Gasteiger partial charge on any atom is -0.365 e. The van der Waals surface area contributed by atoms with Gasteiger partial charge in [0.15, 0.2) is 0 Å².